The number of hydrogen-bond acceptors (Lipinski definition) is 8. The van der Waals surface area contributed by atoms with E-state index in [4.69, 9.17) is 20.4 Å². The average molecular weight is 379 g/mol. The first-order valence-electron chi connectivity index (χ1n) is 7.09. The SMILES string of the molecule is Cc1nnc([C@H](C)Sc2nnc(-c3sc4ccccc4c3Cl)o2)o1. The molecule has 0 aliphatic heterocycles. The zero-order valence-corrected chi connectivity index (χ0v) is 15.1. The van der Waals surface area contributed by atoms with Crippen LogP contribution in [0, 0.1) is 6.92 Å². The minimum atomic E-state index is -0.0858. The first kappa shape index (κ1) is 15.6. The molecule has 9 heteroatoms. The first-order chi connectivity index (χ1) is 11.6. The lowest BCUT2D eigenvalue weighted by atomic mass is 10.2. The molecule has 1 aromatic carbocycles. The van der Waals surface area contributed by atoms with Crippen LogP contribution in [0.4, 0.5) is 0 Å². The molecule has 0 aliphatic rings. The minimum absolute atomic E-state index is 0.0858. The van der Waals surface area contributed by atoms with Gasteiger partial charge in [-0.3, -0.25) is 0 Å². The van der Waals surface area contributed by atoms with Crippen LogP contribution in [0.2, 0.25) is 5.02 Å². The molecule has 0 spiro atoms. The summed E-state index contributed by atoms with van der Waals surface area (Å²) in [6.45, 7) is 3.69. The van der Waals surface area contributed by atoms with Crippen LogP contribution in [0.15, 0.2) is 38.3 Å². The summed E-state index contributed by atoms with van der Waals surface area (Å²) in [7, 11) is 0. The third-order valence-corrected chi connectivity index (χ3v) is 5.89. The molecule has 0 aliphatic carbocycles. The van der Waals surface area contributed by atoms with Crippen LogP contribution >= 0.6 is 34.7 Å². The highest BCUT2D eigenvalue weighted by Crippen LogP contribution is 2.42. The number of aromatic nitrogens is 4. The van der Waals surface area contributed by atoms with Crippen LogP contribution in [0.3, 0.4) is 0 Å². The van der Waals surface area contributed by atoms with Gasteiger partial charge in [0.05, 0.1) is 10.3 Å². The van der Waals surface area contributed by atoms with Gasteiger partial charge in [-0.2, -0.15) is 0 Å². The summed E-state index contributed by atoms with van der Waals surface area (Å²) in [5, 5.41) is 18.0. The number of thioether (sulfide) groups is 1. The summed E-state index contributed by atoms with van der Waals surface area (Å²) in [5.41, 5.74) is 0. The van der Waals surface area contributed by atoms with Gasteiger partial charge in [-0.15, -0.1) is 31.7 Å². The molecule has 0 radical (unpaired) electrons. The van der Waals surface area contributed by atoms with Gasteiger partial charge in [0.25, 0.3) is 11.1 Å². The van der Waals surface area contributed by atoms with Gasteiger partial charge in [-0.1, -0.05) is 41.6 Å². The lowest BCUT2D eigenvalue weighted by Gasteiger charge is -2.01. The van der Waals surface area contributed by atoms with E-state index in [1.54, 1.807) is 6.92 Å². The highest BCUT2D eigenvalue weighted by atomic mass is 35.5. The summed E-state index contributed by atoms with van der Waals surface area (Å²) >= 11 is 9.34. The topological polar surface area (TPSA) is 77.8 Å². The summed E-state index contributed by atoms with van der Waals surface area (Å²) < 4.78 is 12.3. The van der Waals surface area contributed by atoms with Crippen molar-refractivity contribution in [3.8, 4) is 10.8 Å². The van der Waals surface area contributed by atoms with Gasteiger partial charge in [0.2, 0.25) is 11.8 Å². The molecule has 0 saturated heterocycles. The van der Waals surface area contributed by atoms with Gasteiger partial charge in [0.1, 0.15) is 4.88 Å². The fourth-order valence-electron chi connectivity index (χ4n) is 2.18. The molecule has 0 bridgehead atoms. The Hall–Kier alpha value is -1.90. The molecule has 4 rings (SSSR count). The Kier molecular flexibility index (Phi) is 4.03. The van der Waals surface area contributed by atoms with Gasteiger partial charge < -0.3 is 8.83 Å². The van der Waals surface area contributed by atoms with Crippen molar-refractivity contribution in [1.82, 2.24) is 20.4 Å². The van der Waals surface area contributed by atoms with Gasteiger partial charge in [-0.25, -0.2) is 0 Å². The quantitative estimate of drug-likeness (QED) is 0.454. The highest BCUT2D eigenvalue weighted by Gasteiger charge is 2.21. The molecule has 0 unspecified atom stereocenters. The molecule has 0 fully saturated rings. The van der Waals surface area contributed by atoms with Crippen molar-refractivity contribution in [3.05, 3.63) is 41.1 Å². The van der Waals surface area contributed by atoms with Crippen molar-refractivity contribution < 1.29 is 8.83 Å². The molecule has 4 aromatic rings. The summed E-state index contributed by atoms with van der Waals surface area (Å²) in [5.74, 6) is 1.47. The molecule has 3 heterocycles. The maximum atomic E-state index is 6.45. The highest BCUT2D eigenvalue weighted by molar-refractivity contribution is 7.99. The Morgan fingerprint density at radius 3 is 2.71 bits per heavy atom. The van der Waals surface area contributed by atoms with Crippen LogP contribution in [0.5, 0.6) is 0 Å². The Bertz CT molecular complexity index is 1010. The Labute approximate surface area is 150 Å². The predicted octanol–water partition coefficient (Wildman–Crippen LogP) is 5.15. The van der Waals surface area contributed by atoms with Crippen molar-refractivity contribution in [2.45, 2.75) is 24.3 Å². The fraction of sp³-hybridized carbons (Fsp3) is 0.200. The van der Waals surface area contributed by atoms with Crippen LogP contribution in [0.25, 0.3) is 20.9 Å². The molecular formula is C15H11ClN4O2S2. The van der Waals surface area contributed by atoms with E-state index in [1.165, 1.54) is 23.1 Å². The smallest absolute Gasteiger partial charge is 0.277 e. The third kappa shape index (κ3) is 2.81. The second-order valence-corrected chi connectivity index (χ2v) is 7.76. The second-order valence-electron chi connectivity index (χ2n) is 5.03. The molecular weight excluding hydrogens is 368 g/mol. The van der Waals surface area contributed by atoms with Crippen LogP contribution in [0.1, 0.15) is 24.0 Å². The van der Waals surface area contributed by atoms with Crippen LogP contribution in [-0.2, 0) is 0 Å². The van der Waals surface area contributed by atoms with Crippen molar-refractivity contribution in [2.24, 2.45) is 0 Å². The number of fused-ring (bicyclic) bond motifs is 1. The number of hydrogen-bond donors (Lipinski definition) is 0. The lowest BCUT2D eigenvalue weighted by Crippen LogP contribution is -1.88. The van der Waals surface area contributed by atoms with Crippen LogP contribution in [-0.4, -0.2) is 20.4 Å². The zero-order chi connectivity index (χ0) is 16.7. The van der Waals surface area contributed by atoms with Crippen LogP contribution < -0.4 is 0 Å². The summed E-state index contributed by atoms with van der Waals surface area (Å²) in [6, 6.07) is 7.92. The van der Waals surface area contributed by atoms with Gasteiger partial charge in [0, 0.05) is 17.0 Å². The maximum absolute atomic E-state index is 6.45. The van der Waals surface area contributed by atoms with Gasteiger partial charge in [0.15, 0.2) is 0 Å². The van der Waals surface area contributed by atoms with Gasteiger partial charge >= 0.3 is 0 Å². The van der Waals surface area contributed by atoms with E-state index < -0.39 is 0 Å². The maximum Gasteiger partial charge on any atom is 0.277 e. The largest absolute Gasteiger partial charge is 0.424 e. The molecule has 0 N–H and O–H groups in total. The number of aryl methyl sites for hydroxylation is 1. The third-order valence-electron chi connectivity index (χ3n) is 3.30. The van der Waals surface area contributed by atoms with E-state index in [2.05, 4.69) is 20.4 Å². The van der Waals surface area contributed by atoms with E-state index in [1.807, 2.05) is 31.2 Å². The van der Waals surface area contributed by atoms with Gasteiger partial charge in [-0.05, 0) is 13.0 Å². The Balaban J connectivity index is 1.61. The summed E-state index contributed by atoms with van der Waals surface area (Å²) in [4.78, 5) is 0.776. The number of halogens is 1. The number of nitrogens with zero attached hydrogens (tertiary/aromatic N) is 4. The van der Waals surface area contributed by atoms with Crippen molar-refractivity contribution in [2.75, 3.05) is 0 Å². The lowest BCUT2D eigenvalue weighted by molar-refractivity contribution is 0.455. The Morgan fingerprint density at radius 2 is 1.96 bits per heavy atom. The molecule has 122 valence electrons. The molecule has 0 amide bonds. The molecule has 0 saturated carbocycles. The monoisotopic (exact) mass is 378 g/mol. The standard InChI is InChI=1S/C15H11ClN4O2S2/c1-7(13-18-17-8(2)21-13)23-15-20-19-14(22-15)12-11(16)9-5-3-4-6-10(9)24-12/h3-7H,1-2H3/t7-/m0/s1. The molecule has 6 nitrogen and oxygen atoms in total. The van der Waals surface area contributed by atoms with E-state index in [9.17, 15) is 0 Å². The second kappa shape index (κ2) is 6.19. The molecule has 3 aromatic heterocycles. The zero-order valence-electron chi connectivity index (χ0n) is 12.7. The van der Waals surface area contributed by atoms with E-state index in [0.29, 0.717) is 27.9 Å². The number of rotatable bonds is 4. The van der Waals surface area contributed by atoms with E-state index in [-0.39, 0.29) is 5.25 Å². The number of benzene rings is 1. The minimum Gasteiger partial charge on any atom is -0.424 e. The van der Waals surface area contributed by atoms with E-state index >= 15 is 0 Å². The molecule has 1 atom stereocenters. The number of thiophene rings is 1. The molecule has 24 heavy (non-hydrogen) atoms. The summed E-state index contributed by atoms with van der Waals surface area (Å²) in [6.07, 6.45) is 0. The predicted molar refractivity (Wildman–Crippen MR) is 93.4 cm³/mol. The van der Waals surface area contributed by atoms with Crippen molar-refractivity contribution in [3.63, 3.8) is 0 Å². The van der Waals surface area contributed by atoms with E-state index in [0.717, 1.165) is 15.0 Å². The first-order valence-corrected chi connectivity index (χ1v) is 9.17. The van der Waals surface area contributed by atoms with Crippen molar-refractivity contribution >= 4 is 44.8 Å². The fourth-order valence-corrected chi connectivity index (χ4v) is 4.33. The Morgan fingerprint density at radius 1 is 1.12 bits per heavy atom. The van der Waals surface area contributed by atoms with Crippen molar-refractivity contribution in [1.29, 1.82) is 0 Å². The average Bonchev–Trinajstić information content (AvgIpc) is 3.27. The normalized spacial score (nSPS) is 12.8.